The van der Waals surface area contributed by atoms with Gasteiger partial charge >= 0.3 is 11.8 Å². The minimum absolute atomic E-state index is 0.115. The lowest BCUT2D eigenvalue weighted by Gasteiger charge is -2.13. The standard InChI is InChI=1S/C23H23N5O4/c1-14-5-6-15(2)21(11-14)27-16(3)12-18(17(27)4)13-24-26-23(30)22(29)25-19-7-9-20(10-8-19)28(31)32/h5-13H,1-4H3,(H,25,29)(H,26,30). The number of aromatic nitrogens is 1. The fourth-order valence-electron chi connectivity index (χ4n) is 3.31. The Morgan fingerprint density at radius 2 is 1.69 bits per heavy atom. The molecule has 3 aromatic rings. The van der Waals surface area contributed by atoms with Crippen LogP contribution >= 0.6 is 0 Å². The maximum absolute atomic E-state index is 12.0. The van der Waals surface area contributed by atoms with Crippen LogP contribution in [-0.2, 0) is 9.59 Å². The predicted octanol–water partition coefficient (Wildman–Crippen LogP) is 3.71. The number of hydrogen-bond donors (Lipinski definition) is 2. The van der Waals surface area contributed by atoms with Gasteiger partial charge in [-0.3, -0.25) is 19.7 Å². The number of hydrazone groups is 1. The molecular weight excluding hydrogens is 410 g/mol. The number of non-ortho nitro benzene ring substituents is 1. The third kappa shape index (κ3) is 4.89. The molecule has 9 heteroatoms. The monoisotopic (exact) mass is 433 g/mol. The number of benzene rings is 2. The van der Waals surface area contributed by atoms with Crippen molar-refractivity contribution in [2.45, 2.75) is 27.7 Å². The molecule has 0 bridgehead atoms. The quantitative estimate of drug-likeness (QED) is 0.276. The molecular formula is C23H23N5O4. The smallest absolute Gasteiger partial charge is 0.318 e. The molecule has 1 aromatic heterocycles. The van der Waals surface area contributed by atoms with Crippen molar-refractivity contribution in [3.63, 3.8) is 0 Å². The van der Waals surface area contributed by atoms with Gasteiger partial charge in [-0.1, -0.05) is 12.1 Å². The number of carbonyl (C=O) groups is 2. The van der Waals surface area contributed by atoms with Crippen LogP contribution in [-0.4, -0.2) is 27.5 Å². The van der Waals surface area contributed by atoms with Crippen LogP contribution in [0.25, 0.3) is 5.69 Å². The minimum Gasteiger partial charge on any atom is -0.318 e. The summed E-state index contributed by atoms with van der Waals surface area (Å²) >= 11 is 0. The molecule has 0 atom stereocenters. The van der Waals surface area contributed by atoms with E-state index in [0.29, 0.717) is 0 Å². The topological polar surface area (TPSA) is 119 Å². The van der Waals surface area contributed by atoms with E-state index in [0.717, 1.165) is 33.8 Å². The molecule has 2 amide bonds. The zero-order valence-electron chi connectivity index (χ0n) is 18.2. The van der Waals surface area contributed by atoms with Gasteiger partial charge in [0.15, 0.2) is 0 Å². The maximum Gasteiger partial charge on any atom is 0.329 e. The molecule has 0 saturated carbocycles. The average molecular weight is 433 g/mol. The van der Waals surface area contributed by atoms with Crippen molar-refractivity contribution in [1.29, 1.82) is 0 Å². The lowest BCUT2D eigenvalue weighted by Crippen LogP contribution is -2.32. The summed E-state index contributed by atoms with van der Waals surface area (Å²) < 4.78 is 2.12. The van der Waals surface area contributed by atoms with E-state index in [2.05, 4.69) is 38.6 Å². The number of nitrogens with zero attached hydrogens (tertiary/aromatic N) is 3. The van der Waals surface area contributed by atoms with Crippen molar-refractivity contribution in [1.82, 2.24) is 9.99 Å². The van der Waals surface area contributed by atoms with Crippen LogP contribution in [0.3, 0.4) is 0 Å². The first kappa shape index (κ1) is 22.4. The van der Waals surface area contributed by atoms with Crippen LogP contribution in [0.5, 0.6) is 0 Å². The van der Waals surface area contributed by atoms with Gasteiger partial charge in [0.1, 0.15) is 0 Å². The van der Waals surface area contributed by atoms with E-state index in [1.54, 1.807) is 0 Å². The summed E-state index contributed by atoms with van der Waals surface area (Å²) in [5, 5.41) is 16.9. The summed E-state index contributed by atoms with van der Waals surface area (Å²) in [6.07, 6.45) is 1.49. The molecule has 0 saturated heterocycles. The molecule has 2 N–H and O–H groups in total. The fourth-order valence-corrected chi connectivity index (χ4v) is 3.31. The van der Waals surface area contributed by atoms with E-state index in [9.17, 15) is 19.7 Å². The summed E-state index contributed by atoms with van der Waals surface area (Å²) in [7, 11) is 0. The van der Waals surface area contributed by atoms with Crippen molar-refractivity contribution in [3.05, 3.63) is 86.7 Å². The first-order valence-electron chi connectivity index (χ1n) is 9.83. The molecule has 1 heterocycles. The second-order valence-corrected chi connectivity index (χ2v) is 7.41. The normalized spacial score (nSPS) is 10.9. The van der Waals surface area contributed by atoms with E-state index < -0.39 is 16.7 Å². The van der Waals surface area contributed by atoms with Gasteiger partial charge in [-0.2, -0.15) is 5.10 Å². The minimum atomic E-state index is -0.956. The average Bonchev–Trinajstić information content (AvgIpc) is 3.03. The summed E-state index contributed by atoms with van der Waals surface area (Å²) in [6.45, 7) is 8.03. The van der Waals surface area contributed by atoms with Crippen LogP contribution in [0.2, 0.25) is 0 Å². The number of rotatable bonds is 5. The molecule has 164 valence electrons. The molecule has 2 aromatic carbocycles. The highest BCUT2D eigenvalue weighted by atomic mass is 16.6. The summed E-state index contributed by atoms with van der Waals surface area (Å²) in [6, 6.07) is 13.3. The van der Waals surface area contributed by atoms with Gasteiger partial charge < -0.3 is 9.88 Å². The van der Waals surface area contributed by atoms with Crippen LogP contribution in [0, 0.1) is 37.8 Å². The van der Waals surface area contributed by atoms with E-state index in [4.69, 9.17) is 0 Å². The lowest BCUT2D eigenvalue weighted by molar-refractivity contribution is -0.384. The Morgan fingerprint density at radius 1 is 1.00 bits per heavy atom. The van der Waals surface area contributed by atoms with E-state index >= 15 is 0 Å². The van der Waals surface area contributed by atoms with Gasteiger partial charge in [0.05, 0.1) is 11.1 Å². The molecule has 0 aliphatic carbocycles. The van der Waals surface area contributed by atoms with Gasteiger partial charge in [0, 0.05) is 40.5 Å². The summed E-state index contributed by atoms with van der Waals surface area (Å²) in [5.41, 5.74) is 8.47. The third-order valence-corrected chi connectivity index (χ3v) is 4.99. The molecule has 0 fully saturated rings. The molecule has 0 spiro atoms. The second kappa shape index (κ2) is 9.25. The molecule has 32 heavy (non-hydrogen) atoms. The van der Waals surface area contributed by atoms with Crippen LogP contribution < -0.4 is 10.7 Å². The van der Waals surface area contributed by atoms with Crippen molar-refractivity contribution in [2.24, 2.45) is 5.10 Å². The molecule has 9 nitrogen and oxygen atoms in total. The van der Waals surface area contributed by atoms with E-state index in [1.165, 1.54) is 30.5 Å². The van der Waals surface area contributed by atoms with Gasteiger partial charge in [0.25, 0.3) is 5.69 Å². The molecule has 0 unspecified atom stereocenters. The Balaban J connectivity index is 1.68. The van der Waals surface area contributed by atoms with Crippen LogP contribution in [0.15, 0.2) is 53.6 Å². The summed E-state index contributed by atoms with van der Waals surface area (Å²) in [5.74, 6) is -1.89. The number of nitro benzene ring substituents is 1. The van der Waals surface area contributed by atoms with Crippen LogP contribution in [0.4, 0.5) is 11.4 Å². The van der Waals surface area contributed by atoms with Crippen LogP contribution in [0.1, 0.15) is 28.1 Å². The Morgan fingerprint density at radius 3 is 2.34 bits per heavy atom. The Kier molecular flexibility index (Phi) is 6.48. The molecule has 0 aliphatic heterocycles. The highest BCUT2D eigenvalue weighted by Gasteiger charge is 2.15. The highest BCUT2D eigenvalue weighted by molar-refractivity contribution is 6.39. The molecule has 0 aliphatic rings. The Bertz CT molecular complexity index is 1230. The number of nitrogens with one attached hydrogen (secondary N) is 2. The maximum atomic E-state index is 12.0. The second-order valence-electron chi connectivity index (χ2n) is 7.41. The Labute approximate surface area is 184 Å². The van der Waals surface area contributed by atoms with Crippen molar-refractivity contribution in [2.75, 3.05) is 5.32 Å². The predicted molar refractivity (Wildman–Crippen MR) is 122 cm³/mol. The third-order valence-electron chi connectivity index (χ3n) is 4.99. The largest absolute Gasteiger partial charge is 0.329 e. The highest BCUT2D eigenvalue weighted by Crippen LogP contribution is 2.23. The molecule has 0 radical (unpaired) electrons. The first-order valence-corrected chi connectivity index (χ1v) is 9.83. The lowest BCUT2D eigenvalue weighted by atomic mass is 10.1. The van der Waals surface area contributed by atoms with Gasteiger partial charge in [0.2, 0.25) is 0 Å². The van der Waals surface area contributed by atoms with Crippen molar-refractivity contribution in [3.8, 4) is 5.69 Å². The van der Waals surface area contributed by atoms with Crippen molar-refractivity contribution < 1.29 is 14.5 Å². The number of anilines is 1. The number of nitro groups is 1. The van der Waals surface area contributed by atoms with Gasteiger partial charge in [-0.25, -0.2) is 5.43 Å². The first-order chi connectivity index (χ1) is 15.2. The van der Waals surface area contributed by atoms with E-state index in [-0.39, 0.29) is 11.4 Å². The van der Waals surface area contributed by atoms with Gasteiger partial charge in [-0.15, -0.1) is 0 Å². The number of hydrogen-bond acceptors (Lipinski definition) is 5. The zero-order valence-corrected chi connectivity index (χ0v) is 18.2. The molecule has 3 rings (SSSR count). The van der Waals surface area contributed by atoms with Gasteiger partial charge in [-0.05, 0) is 63.1 Å². The number of carbonyl (C=O) groups excluding carboxylic acids is 2. The van der Waals surface area contributed by atoms with E-state index in [1.807, 2.05) is 33.8 Å². The summed E-state index contributed by atoms with van der Waals surface area (Å²) in [4.78, 5) is 34.2. The van der Waals surface area contributed by atoms with Crippen molar-refractivity contribution >= 4 is 29.4 Å². The SMILES string of the molecule is Cc1ccc(C)c(-n2c(C)cc(C=NNC(=O)C(=O)Nc3ccc([N+](=O)[O-])cc3)c2C)c1. The number of amides is 2. The Hall–Kier alpha value is -4.27. The number of aryl methyl sites for hydroxylation is 3. The zero-order chi connectivity index (χ0) is 23.4. The fraction of sp³-hybridized carbons (Fsp3) is 0.174.